The third-order valence-corrected chi connectivity index (χ3v) is 7.37. The first-order chi connectivity index (χ1) is 11.2. The van der Waals surface area contributed by atoms with Crippen LogP contribution in [0, 0.1) is 29.1 Å². The van der Waals surface area contributed by atoms with E-state index in [9.17, 15) is 5.11 Å². The highest BCUT2D eigenvalue weighted by molar-refractivity contribution is 5.82. The molecular weight excluding hydrogens is 284 g/mol. The number of phenolic OH excluding ortho intramolecular Hbond substituents is 1. The van der Waals surface area contributed by atoms with Gasteiger partial charge in [-0.2, -0.15) is 5.10 Å². The molecule has 3 nitrogen and oxygen atoms in total. The number of para-hydroxylation sites is 1. The third kappa shape index (κ3) is 2.12. The van der Waals surface area contributed by atoms with E-state index >= 15 is 0 Å². The summed E-state index contributed by atoms with van der Waals surface area (Å²) in [5.41, 5.74) is 1.38. The summed E-state index contributed by atoms with van der Waals surface area (Å²) in [5.74, 6) is 4.33. The van der Waals surface area contributed by atoms with Crippen LogP contribution in [-0.4, -0.2) is 29.4 Å². The largest absolute Gasteiger partial charge is 0.507 e. The van der Waals surface area contributed by atoms with Gasteiger partial charge in [0.2, 0.25) is 0 Å². The van der Waals surface area contributed by atoms with Crippen molar-refractivity contribution in [3.63, 3.8) is 0 Å². The average molecular weight is 310 g/mol. The van der Waals surface area contributed by atoms with Gasteiger partial charge in [0.15, 0.2) is 0 Å². The van der Waals surface area contributed by atoms with E-state index in [2.05, 4.69) is 5.01 Å². The van der Waals surface area contributed by atoms with Crippen molar-refractivity contribution in [2.75, 3.05) is 13.1 Å². The summed E-state index contributed by atoms with van der Waals surface area (Å²) in [7, 11) is 0. The zero-order chi connectivity index (χ0) is 15.4. The highest BCUT2D eigenvalue weighted by Gasteiger charge is 2.58. The number of phenols is 1. The maximum absolute atomic E-state index is 9.88. The maximum Gasteiger partial charge on any atom is 0.124 e. The molecule has 0 aromatic heterocycles. The topological polar surface area (TPSA) is 35.8 Å². The lowest BCUT2D eigenvalue weighted by Gasteiger charge is -2.60. The van der Waals surface area contributed by atoms with Crippen LogP contribution in [-0.2, 0) is 0 Å². The Morgan fingerprint density at radius 1 is 1.04 bits per heavy atom. The van der Waals surface area contributed by atoms with Crippen molar-refractivity contribution < 1.29 is 5.11 Å². The van der Waals surface area contributed by atoms with Crippen LogP contribution in [0.2, 0.25) is 0 Å². The van der Waals surface area contributed by atoms with E-state index in [0.29, 0.717) is 11.2 Å². The molecule has 5 aliphatic rings. The minimum absolute atomic E-state index is 0.319. The smallest absolute Gasteiger partial charge is 0.124 e. The molecule has 6 rings (SSSR count). The van der Waals surface area contributed by atoms with Gasteiger partial charge in [-0.25, -0.2) is 0 Å². The number of hydrogen-bond acceptors (Lipinski definition) is 3. The van der Waals surface area contributed by atoms with Crippen molar-refractivity contribution in [2.24, 2.45) is 34.2 Å². The van der Waals surface area contributed by atoms with Crippen LogP contribution in [0.5, 0.6) is 5.75 Å². The Kier molecular flexibility index (Phi) is 3.01. The van der Waals surface area contributed by atoms with E-state index in [1.54, 1.807) is 6.07 Å². The normalized spacial score (nSPS) is 41.5. The van der Waals surface area contributed by atoms with Crippen molar-refractivity contribution in [3.8, 4) is 5.75 Å². The van der Waals surface area contributed by atoms with Gasteiger partial charge in [0.25, 0.3) is 0 Å². The fraction of sp³-hybridized carbons (Fsp3) is 0.650. The van der Waals surface area contributed by atoms with E-state index < -0.39 is 0 Å². The first-order valence-electron chi connectivity index (χ1n) is 9.30. The van der Waals surface area contributed by atoms with Crippen LogP contribution in [0.15, 0.2) is 29.4 Å². The third-order valence-electron chi connectivity index (χ3n) is 7.37. The van der Waals surface area contributed by atoms with E-state index in [4.69, 9.17) is 5.10 Å². The van der Waals surface area contributed by atoms with Crippen molar-refractivity contribution in [1.82, 2.24) is 5.01 Å². The Labute approximate surface area is 138 Å². The number of aromatic hydroxyl groups is 1. The Morgan fingerprint density at radius 2 is 1.74 bits per heavy atom. The van der Waals surface area contributed by atoms with Gasteiger partial charge in [-0.1, -0.05) is 12.1 Å². The standard InChI is InChI=1S/C20H26N2O/c23-19-4-2-1-3-16(19)12-21-22-6-5-20(13-22)17-8-14-7-15(10-17)11-18(20)9-14/h1-4,12,14-15,17-18,23H,5-11,13H2/b21-12-. The molecule has 0 radical (unpaired) electrons. The summed E-state index contributed by atoms with van der Waals surface area (Å²) in [5, 5.41) is 16.9. The molecule has 4 saturated carbocycles. The molecular formula is C20H26N2O. The zero-order valence-corrected chi connectivity index (χ0v) is 13.7. The van der Waals surface area contributed by atoms with E-state index in [1.807, 2.05) is 24.4 Å². The second kappa shape index (κ2) is 4.99. The first-order valence-corrected chi connectivity index (χ1v) is 9.30. The fourth-order valence-corrected chi connectivity index (χ4v) is 6.46. The Hall–Kier alpha value is -1.51. The van der Waals surface area contributed by atoms with E-state index in [-0.39, 0.29) is 0 Å². The zero-order valence-electron chi connectivity index (χ0n) is 13.7. The van der Waals surface area contributed by atoms with Crippen molar-refractivity contribution in [2.45, 2.75) is 38.5 Å². The van der Waals surface area contributed by atoms with Gasteiger partial charge < -0.3 is 5.11 Å². The number of hydrazone groups is 1. The fourth-order valence-electron chi connectivity index (χ4n) is 6.46. The molecule has 1 heterocycles. The molecule has 1 aromatic rings. The van der Waals surface area contributed by atoms with Gasteiger partial charge in [0.1, 0.15) is 5.75 Å². The molecule has 1 aromatic carbocycles. The van der Waals surface area contributed by atoms with Crippen molar-refractivity contribution in [1.29, 1.82) is 0 Å². The van der Waals surface area contributed by atoms with Gasteiger partial charge >= 0.3 is 0 Å². The predicted molar refractivity (Wildman–Crippen MR) is 91.4 cm³/mol. The highest BCUT2D eigenvalue weighted by atomic mass is 16.3. The second-order valence-electron chi connectivity index (χ2n) is 8.48. The monoisotopic (exact) mass is 310 g/mol. The molecule has 122 valence electrons. The summed E-state index contributed by atoms with van der Waals surface area (Å²) >= 11 is 0. The molecule has 1 saturated heterocycles. The summed E-state index contributed by atoms with van der Waals surface area (Å²) in [4.78, 5) is 0. The van der Waals surface area contributed by atoms with Crippen LogP contribution in [0.3, 0.4) is 0 Å². The summed E-state index contributed by atoms with van der Waals surface area (Å²) in [6, 6.07) is 7.45. The molecule has 1 N–H and O–H groups in total. The van der Waals surface area contributed by atoms with E-state index in [0.717, 1.165) is 42.3 Å². The Morgan fingerprint density at radius 3 is 2.43 bits per heavy atom. The van der Waals surface area contributed by atoms with Gasteiger partial charge in [-0.15, -0.1) is 0 Å². The van der Waals surface area contributed by atoms with Crippen molar-refractivity contribution >= 4 is 6.21 Å². The Balaban J connectivity index is 1.34. The maximum atomic E-state index is 9.88. The minimum Gasteiger partial charge on any atom is -0.507 e. The molecule has 23 heavy (non-hydrogen) atoms. The molecule has 0 atom stereocenters. The predicted octanol–water partition coefficient (Wildman–Crippen LogP) is 3.87. The molecule has 1 spiro atoms. The molecule has 0 unspecified atom stereocenters. The SMILES string of the molecule is Oc1ccccc1/C=N\N1CCC2(C1)C1CC3CC(C1)CC2C3. The van der Waals surface area contributed by atoms with Crippen molar-refractivity contribution in [3.05, 3.63) is 29.8 Å². The first kappa shape index (κ1) is 13.9. The summed E-state index contributed by atoms with van der Waals surface area (Å²) < 4.78 is 0. The lowest BCUT2D eigenvalue weighted by Crippen LogP contribution is -2.53. The lowest BCUT2D eigenvalue weighted by atomic mass is 9.45. The molecule has 3 heteroatoms. The lowest BCUT2D eigenvalue weighted by molar-refractivity contribution is -0.102. The van der Waals surface area contributed by atoms with E-state index in [1.165, 1.54) is 38.5 Å². The number of benzene rings is 1. The minimum atomic E-state index is 0.319. The number of nitrogens with zero attached hydrogens (tertiary/aromatic N) is 2. The van der Waals surface area contributed by atoms with Crippen LogP contribution < -0.4 is 0 Å². The van der Waals surface area contributed by atoms with Crippen LogP contribution in [0.4, 0.5) is 0 Å². The molecule has 4 aliphatic carbocycles. The van der Waals surface area contributed by atoms with Gasteiger partial charge in [-0.3, -0.25) is 5.01 Å². The highest BCUT2D eigenvalue weighted by Crippen LogP contribution is 2.64. The quantitative estimate of drug-likeness (QED) is 0.842. The molecule has 0 amide bonds. The summed E-state index contributed by atoms with van der Waals surface area (Å²) in [6.07, 6.45) is 10.7. The molecule has 4 bridgehead atoms. The molecule has 5 fully saturated rings. The molecule has 1 aliphatic heterocycles. The van der Waals surface area contributed by atoms with Gasteiger partial charge in [0, 0.05) is 18.7 Å². The number of hydrogen-bond donors (Lipinski definition) is 1. The van der Waals surface area contributed by atoms with Crippen LogP contribution in [0.25, 0.3) is 0 Å². The van der Waals surface area contributed by atoms with Gasteiger partial charge in [-0.05, 0) is 79.7 Å². The summed E-state index contributed by atoms with van der Waals surface area (Å²) in [6.45, 7) is 2.23. The average Bonchev–Trinajstić information content (AvgIpc) is 2.97. The van der Waals surface area contributed by atoms with Crippen LogP contribution >= 0.6 is 0 Å². The second-order valence-corrected chi connectivity index (χ2v) is 8.48. The Bertz CT molecular complexity index is 610. The van der Waals surface area contributed by atoms with Crippen LogP contribution in [0.1, 0.15) is 44.1 Å². The number of rotatable bonds is 2. The van der Waals surface area contributed by atoms with Gasteiger partial charge in [0.05, 0.1) is 6.21 Å².